The number of benzene rings is 1. The van der Waals surface area contributed by atoms with Crippen LogP contribution in [0, 0.1) is 5.82 Å². The molecule has 1 fully saturated rings. The Morgan fingerprint density at radius 3 is 2.50 bits per heavy atom. The number of aliphatic hydroxyl groups is 2. The Labute approximate surface area is 240 Å². The smallest absolute Gasteiger partial charge is 0.156 e. The second-order valence-electron chi connectivity index (χ2n) is 10.8. The van der Waals surface area contributed by atoms with Crippen LogP contribution in [0.3, 0.4) is 0 Å². The van der Waals surface area contributed by atoms with Gasteiger partial charge in [0.25, 0.3) is 0 Å². The number of ether oxygens (including phenoxy) is 1. The molecular formula is C30H29FN8O3. The first-order chi connectivity index (χ1) is 20.4. The van der Waals surface area contributed by atoms with Gasteiger partial charge in [0.1, 0.15) is 35.4 Å². The molecule has 0 saturated carbocycles. The number of nitrogens with zero attached hydrogens (tertiary/aromatic N) is 8. The van der Waals surface area contributed by atoms with Crippen molar-refractivity contribution < 1.29 is 19.3 Å². The predicted octanol–water partition coefficient (Wildman–Crippen LogP) is 3.00. The van der Waals surface area contributed by atoms with Crippen LogP contribution >= 0.6 is 0 Å². The summed E-state index contributed by atoms with van der Waals surface area (Å²) in [6.45, 7) is 3.74. The van der Waals surface area contributed by atoms with Crippen molar-refractivity contribution in [2.75, 3.05) is 31.2 Å². The quantitative estimate of drug-likeness (QED) is 0.318. The second-order valence-corrected chi connectivity index (χ2v) is 10.8. The summed E-state index contributed by atoms with van der Waals surface area (Å²) in [5.74, 6) is 1.08. The lowest BCUT2D eigenvalue weighted by Gasteiger charge is -2.27. The molecule has 2 unspecified atom stereocenters. The van der Waals surface area contributed by atoms with Gasteiger partial charge in [-0.15, -0.1) is 0 Å². The molecular weight excluding hydrogens is 539 g/mol. The highest BCUT2D eigenvalue weighted by molar-refractivity contribution is 5.78. The number of rotatable bonds is 6. The highest BCUT2D eigenvalue weighted by Gasteiger charge is 2.29. The first-order valence-electron chi connectivity index (χ1n) is 13.8. The summed E-state index contributed by atoms with van der Waals surface area (Å²) in [7, 11) is 0. The Bertz CT molecular complexity index is 1760. The summed E-state index contributed by atoms with van der Waals surface area (Å²) in [6.07, 6.45) is 12.7. The SMILES string of the molecule is CC(O)(c1ccc(F)cc1)c1cnc(C2=CCN(c3ncnn4cc(-c5cnn(C6COC[C@@H]6O)c5)cc34)CC2)nc1. The third-order valence-electron chi connectivity index (χ3n) is 8.10. The molecule has 0 amide bonds. The summed E-state index contributed by atoms with van der Waals surface area (Å²) in [5.41, 5.74) is 3.52. The number of aromatic nitrogens is 7. The van der Waals surface area contributed by atoms with Gasteiger partial charge in [0, 0.05) is 54.6 Å². The number of halogens is 1. The lowest BCUT2D eigenvalue weighted by molar-refractivity contribution is 0.101. The van der Waals surface area contributed by atoms with Crippen molar-refractivity contribution in [3.05, 3.63) is 96.5 Å². The molecule has 1 aromatic carbocycles. The average molecular weight is 569 g/mol. The fourth-order valence-corrected chi connectivity index (χ4v) is 5.52. The van der Waals surface area contributed by atoms with E-state index in [9.17, 15) is 14.6 Å². The average Bonchev–Trinajstić information content (AvgIpc) is 3.77. The van der Waals surface area contributed by atoms with Crippen molar-refractivity contribution in [1.29, 1.82) is 0 Å². The molecule has 214 valence electrons. The minimum absolute atomic E-state index is 0.191. The normalized spacial score (nSPS) is 20.6. The van der Waals surface area contributed by atoms with Crippen LogP contribution in [0.4, 0.5) is 10.2 Å². The molecule has 2 N–H and O–H groups in total. The number of anilines is 1. The van der Waals surface area contributed by atoms with Crippen LogP contribution in [0.15, 0.2) is 73.7 Å². The van der Waals surface area contributed by atoms with Gasteiger partial charge in [-0.2, -0.15) is 10.2 Å². The van der Waals surface area contributed by atoms with Gasteiger partial charge >= 0.3 is 0 Å². The second kappa shape index (κ2) is 10.4. The molecule has 0 spiro atoms. The highest BCUT2D eigenvalue weighted by atomic mass is 19.1. The van der Waals surface area contributed by atoms with Crippen molar-refractivity contribution in [2.24, 2.45) is 0 Å². The molecule has 42 heavy (non-hydrogen) atoms. The van der Waals surface area contributed by atoms with Crippen LogP contribution in [0.5, 0.6) is 0 Å². The van der Waals surface area contributed by atoms with Crippen LogP contribution < -0.4 is 4.90 Å². The van der Waals surface area contributed by atoms with E-state index in [-0.39, 0.29) is 11.9 Å². The molecule has 12 heteroatoms. The maximum Gasteiger partial charge on any atom is 0.156 e. The molecule has 3 atom stereocenters. The predicted molar refractivity (Wildman–Crippen MR) is 152 cm³/mol. The van der Waals surface area contributed by atoms with Crippen LogP contribution in [0.1, 0.15) is 36.3 Å². The summed E-state index contributed by atoms with van der Waals surface area (Å²) in [6, 6.07) is 7.62. The third kappa shape index (κ3) is 4.73. The van der Waals surface area contributed by atoms with Gasteiger partial charge in [-0.25, -0.2) is 23.9 Å². The van der Waals surface area contributed by atoms with Crippen LogP contribution in [-0.2, 0) is 10.3 Å². The molecule has 4 aromatic heterocycles. The van der Waals surface area contributed by atoms with E-state index in [0.29, 0.717) is 36.7 Å². The van der Waals surface area contributed by atoms with E-state index in [1.807, 2.05) is 23.0 Å². The number of hydrogen-bond acceptors (Lipinski definition) is 9. The van der Waals surface area contributed by atoms with Gasteiger partial charge in [0.15, 0.2) is 11.6 Å². The Kier molecular flexibility index (Phi) is 6.53. The molecule has 1 saturated heterocycles. The number of aliphatic hydroxyl groups excluding tert-OH is 1. The van der Waals surface area contributed by atoms with Gasteiger partial charge < -0.3 is 19.8 Å². The molecule has 5 aromatic rings. The van der Waals surface area contributed by atoms with Gasteiger partial charge in [0.2, 0.25) is 0 Å². The van der Waals surface area contributed by atoms with Crippen molar-refractivity contribution >= 4 is 16.9 Å². The van der Waals surface area contributed by atoms with Crippen molar-refractivity contribution in [3.8, 4) is 11.1 Å². The fourth-order valence-electron chi connectivity index (χ4n) is 5.52. The third-order valence-corrected chi connectivity index (χ3v) is 8.10. The first-order valence-corrected chi connectivity index (χ1v) is 13.8. The van der Waals surface area contributed by atoms with E-state index >= 15 is 0 Å². The molecule has 6 heterocycles. The molecule has 0 aliphatic carbocycles. The largest absolute Gasteiger partial charge is 0.388 e. The van der Waals surface area contributed by atoms with E-state index in [1.54, 1.807) is 48.7 Å². The molecule has 11 nitrogen and oxygen atoms in total. The Morgan fingerprint density at radius 2 is 1.79 bits per heavy atom. The fraction of sp³-hybridized carbons (Fsp3) is 0.300. The topological polar surface area (TPSA) is 127 Å². The van der Waals surface area contributed by atoms with Crippen molar-refractivity contribution in [3.63, 3.8) is 0 Å². The van der Waals surface area contributed by atoms with E-state index in [4.69, 9.17) is 4.74 Å². The monoisotopic (exact) mass is 568 g/mol. The molecule has 0 bridgehead atoms. The van der Waals surface area contributed by atoms with Gasteiger partial charge in [0.05, 0.1) is 19.4 Å². The van der Waals surface area contributed by atoms with Crippen LogP contribution in [-0.4, -0.2) is 77.0 Å². The summed E-state index contributed by atoms with van der Waals surface area (Å²) < 4.78 is 22.3. The number of fused-ring (bicyclic) bond motifs is 1. The van der Waals surface area contributed by atoms with E-state index in [0.717, 1.165) is 41.0 Å². The van der Waals surface area contributed by atoms with Crippen LogP contribution in [0.25, 0.3) is 22.2 Å². The zero-order valence-corrected chi connectivity index (χ0v) is 22.9. The Hall–Kier alpha value is -4.52. The van der Waals surface area contributed by atoms with Crippen LogP contribution in [0.2, 0.25) is 0 Å². The molecule has 2 aliphatic rings. The summed E-state index contributed by atoms with van der Waals surface area (Å²) >= 11 is 0. The van der Waals surface area contributed by atoms with Crippen molar-refractivity contribution in [2.45, 2.75) is 31.1 Å². The lowest BCUT2D eigenvalue weighted by Crippen LogP contribution is -2.30. The lowest BCUT2D eigenvalue weighted by atomic mass is 9.90. The molecule has 0 radical (unpaired) electrons. The Balaban J connectivity index is 1.08. The standard InChI is InChI=1S/C30H29FN8O3/c1-30(41,22-2-4-24(31)5-3-22)23-12-32-28(33-13-23)19-6-8-37(9-7-19)29-25-10-20(14-38(25)36-18-34-29)21-11-35-39(15-21)26-16-42-17-27(26)40/h2-6,10-15,18,26-27,40-41H,7-9,16-17H2,1H3/t26?,27-,30?/m0/s1. The van der Waals surface area contributed by atoms with E-state index < -0.39 is 11.7 Å². The molecule has 7 rings (SSSR count). The van der Waals surface area contributed by atoms with Crippen molar-refractivity contribution in [1.82, 2.24) is 34.3 Å². The minimum atomic E-state index is -1.34. The maximum absolute atomic E-state index is 13.3. The molecule has 2 aliphatic heterocycles. The first kappa shape index (κ1) is 26.4. The van der Waals surface area contributed by atoms with Gasteiger partial charge in [-0.05, 0) is 42.7 Å². The summed E-state index contributed by atoms with van der Waals surface area (Å²) in [5, 5.41) is 30.1. The number of hydrogen-bond donors (Lipinski definition) is 2. The zero-order valence-electron chi connectivity index (χ0n) is 22.9. The minimum Gasteiger partial charge on any atom is -0.388 e. The highest BCUT2D eigenvalue weighted by Crippen LogP contribution is 2.32. The van der Waals surface area contributed by atoms with E-state index in [2.05, 4.69) is 36.1 Å². The van der Waals surface area contributed by atoms with Gasteiger partial charge in [-0.1, -0.05) is 18.2 Å². The Morgan fingerprint density at radius 1 is 0.976 bits per heavy atom. The maximum atomic E-state index is 13.3. The van der Waals surface area contributed by atoms with E-state index in [1.165, 1.54) is 12.1 Å². The summed E-state index contributed by atoms with van der Waals surface area (Å²) in [4.78, 5) is 15.9. The zero-order chi connectivity index (χ0) is 28.8. The van der Waals surface area contributed by atoms with Gasteiger partial charge in [-0.3, -0.25) is 4.68 Å².